The fraction of sp³-hybridized carbons (Fsp3) is 0.176. The van der Waals surface area contributed by atoms with Crippen LogP contribution in [-0.4, -0.2) is 116 Å². The third-order valence-corrected chi connectivity index (χ3v) is 9.58. The molecule has 8 rings (SSSR count). The summed E-state index contributed by atoms with van der Waals surface area (Å²) >= 11 is 0. The number of phenols is 10. The maximum absolute atomic E-state index is 14.0. The first-order valence-electron chi connectivity index (χ1n) is 15.7. The molecule has 4 heterocycles. The monoisotopic (exact) mass is 782 g/mol. The highest BCUT2D eigenvalue weighted by Crippen LogP contribution is 2.58. The van der Waals surface area contributed by atoms with Crippen molar-refractivity contribution in [2.75, 3.05) is 6.61 Å². The Kier molecular flexibility index (Phi) is 7.50. The number of fused-ring (bicyclic) bond motifs is 5. The van der Waals surface area contributed by atoms with E-state index in [1.165, 1.54) is 0 Å². The Morgan fingerprint density at radius 2 is 0.929 bits per heavy atom. The number of aromatic hydroxyl groups is 10. The zero-order valence-corrected chi connectivity index (χ0v) is 27.2. The molecule has 0 saturated carbocycles. The lowest BCUT2D eigenvalue weighted by molar-refractivity contribution is -0.285. The minimum Gasteiger partial charge on any atom is -0.504 e. The van der Waals surface area contributed by atoms with Crippen LogP contribution in [0.3, 0.4) is 0 Å². The summed E-state index contributed by atoms with van der Waals surface area (Å²) < 4.78 is 26.3. The maximum atomic E-state index is 14.0. The molecule has 6 aromatic rings. The summed E-state index contributed by atoms with van der Waals surface area (Å²) in [6, 6.07) is 0.887. The number of hydrogen-bond donors (Lipinski definition) is 13. The number of phenolic OH excluding ortho intramolecular Hbond substituents is 10. The molecule has 2 aromatic heterocycles. The first-order chi connectivity index (χ1) is 26.4. The van der Waals surface area contributed by atoms with Crippen molar-refractivity contribution in [1.29, 1.82) is 0 Å². The van der Waals surface area contributed by atoms with Crippen molar-refractivity contribution in [3.05, 3.63) is 44.1 Å². The number of ether oxygens (including phenoxy) is 3. The van der Waals surface area contributed by atoms with E-state index in [2.05, 4.69) is 0 Å². The van der Waals surface area contributed by atoms with Crippen LogP contribution in [0.4, 0.5) is 0 Å². The Morgan fingerprint density at radius 3 is 1.39 bits per heavy atom. The lowest BCUT2D eigenvalue weighted by Gasteiger charge is -2.40. The van der Waals surface area contributed by atoms with E-state index in [9.17, 15) is 85.6 Å². The van der Waals surface area contributed by atoms with E-state index in [1.807, 2.05) is 0 Å². The number of hydrogen-bond acceptors (Lipinski definition) is 22. The molecule has 0 spiro atoms. The van der Waals surface area contributed by atoms with E-state index < -0.39 is 184 Å². The molecule has 1 saturated heterocycles. The molecule has 22 heteroatoms. The van der Waals surface area contributed by atoms with Crippen LogP contribution in [0.25, 0.3) is 55.0 Å². The summed E-state index contributed by atoms with van der Waals surface area (Å²) in [5.41, 5.74) is -11.8. The molecule has 0 unspecified atom stereocenters. The number of esters is 2. The van der Waals surface area contributed by atoms with E-state index in [4.69, 9.17) is 23.0 Å². The van der Waals surface area contributed by atoms with Crippen molar-refractivity contribution < 1.29 is 99.0 Å². The number of cyclic esters (lactones) is 1. The number of rotatable bonds is 0. The van der Waals surface area contributed by atoms with Gasteiger partial charge in [0.2, 0.25) is 23.0 Å². The molecule has 290 valence electrons. The van der Waals surface area contributed by atoms with Gasteiger partial charge in [0.05, 0.1) is 21.9 Å². The van der Waals surface area contributed by atoms with Gasteiger partial charge in [-0.05, 0) is 12.1 Å². The van der Waals surface area contributed by atoms with Gasteiger partial charge in [0.1, 0.15) is 24.9 Å². The van der Waals surface area contributed by atoms with Crippen molar-refractivity contribution >= 4 is 44.6 Å². The molecule has 0 radical (unpaired) electrons. The predicted molar refractivity (Wildman–Crippen MR) is 177 cm³/mol. The third kappa shape index (κ3) is 4.57. The molecule has 1 fully saturated rings. The molecule has 13 N–H and O–H groups in total. The first kappa shape index (κ1) is 35.6. The first-order valence-corrected chi connectivity index (χ1v) is 15.7. The summed E-state index contributed by atoms with van der Waals surface area (Å²) in [6.07, 6.45) is -10.9. The highest BCUT2D eigenvalue weighted by Gasteiger charge is 2.48. The lowest BCUT2D eigenvalue weighted by Crippen LogP contribution is -2.60. The van der Waals surface area contributed by atoms with E-state index in [0.29, 0.717) is 12.1 Å². The largest absolute Gasteiger partial charge is 0.504 e. The Hall–Kier alpha value is -7.40. The Labute approximate surface area is 304 Å². The Balaban J connectivity index is 1.62. The Bertz CT molecular complexity index is 2870. The molecular formula is C34H22O22. The van der Waals surface area contributed by atoms with Crippen molar-refractivity contribution in [2.24, 2.45) is 0 Å². The topological polar surface area (TPSA) is 385 Å². The van der Waals surface area contributed by atoms with Crippen LogP contribution < -0.4 is 11.3 Å². The molecular weight excluding hydrogens is 760 g/mol. The van der Waals surface area contributed by atoms with E-state index in [-0.39, 0.29) is 0 Å². The van der Waals surface area contributed by atoms with Gasteiger partial charge < -0.3 is 89.4 Å². The summed E-state index contributed by atoms with van der Waals surface area (Å²) in [4.78, 5) is 55.4. The second kappa shape index (κ2) is 11.8. The van der Waals surface area contributed by atoms with Gasteiger partial charge >= 0.3 is 23.2 Å². The summed E-state index contributed by atoms with van der Waals surface area (Å²) in [5.74, 6) is -17.2. The van der Waals surface area contributed by atoms with Crippen LogP contribution >= 0.6 is 0 Å². The summed E-state index contributed by atoms with van der Waals surface area (Å²) in [5, 5.41) is 137. The van der Waals surface area contributed by atoms with Crippen LogP contribution in [0.15, 0.2) is 30.6 Å². The lowest BCUT2D eigenvalue weighted by atomic mass is 9.88. The second-order valence-electron chi connectivity index (χ2n) is 12.6. The minimum absolute atomic E-state index is 0.424. The molecule has 2 aliphatic heterocycles. The van der Waals surface area contributed by atoms with Crippen LogP contribution in [0.2, 0.25) is 0 Å². The number of benzene rings is 4. The van der Waals surface area contributed by atoms with Crippen LogP contribution in [0.5, 0.6) is 57.5 Å². The van der Waals surface area contributed by atoms with Gasteiger partial charge in [-0.15, -0.1) is 0 Å². The van der Waals surface area contributed by atoms with Gasteiger partial charge in [0, 0.05) is 33.0 Å². The fourth-order valence-corrected chi connectivity index (χ4v) is 7.00. The zero-order valence-electron chi connectivity index (χ0n) is 27.2. The van der Waals surface area contributed by atoms with E-state index in [0.717, 1.165) is 0 Å². The number of aliphatic hydroxyl groups excluding tert-OH is 3. The van der Waals surface area contributed by atoms with Gasteiger partial charge in [-0.1, -0.05) is 0 Å². The molecule has 22 nitrogen and oxygen atoms in total. The van der Waals surface area contributed by atoms with E-state index >= 15 is 0 Å². The average molecular weight is 783 g/mol. The summed E-state index contributed by atoms with van der Waals surface area (Å²) in [6.45, 7) is -1.15. The molecule has 5 atom stereocenters. The normalized spacial score (nSPS) is 21.3. The molecule has 0 amide bonds. The van der Waals surface area contributed by atoms with Gasteiger partial charge in [-0.2, -0.15) is 0 Å². The number of carbonyl (C=O) groups is 2. The second-order valence-corrected chi connectivity index (χ2v) is 12.6. The molecule has 4 aromatic carbocycles. The van der Waals surface area contributed by atoms with Gasteiger partial charge in [0.25, 0.3) is 0 Å². The predicted octanol–water partition coefficient (Wildman–Crippen LogP) is 0.0152. The minimum atomic E-state index is -2.28. The van der Waals surface area contributed by atoms with Crippen molar-refractivity contribution in [2.45, 2.75) is 30.7 Å². The van der Waals surface area contributed by atoms with Crippen molar-refractivity contribution in [3.8, 4) is 79.7 Å². The number of carbonyl (C=O) groups excluding carboxylic acids is 2. The zero-order chi connectivity index (χ0) is 40.6. The quantitative estimate of drug-likeness (QED) is 0.0418. The van der Waals surface area contributed by atoms with Crippen LogP contribution in [-0.2, 0) is 14.2 Å². The maximum Gasteiger partial charge on any atom is 0.345 e. The molecule has 0 aliphatic carbocycles. The smallest absolute Gasteiger partial charge is 0.345 e. The molecule has 6 bridgehead atoms. The van der Waals surface area contributed by atoms with Gasteiger partial charge in [0.15, 0.2) is 58.1 Å². The fourth-order valence-electron chi connectivity index (χ4n) is 7.00. The highest BCUT2D eigenvalue weighted by molar-refractivity contribution is 6.29. The number of aliphatic hydroxyl groups is 3. The van der Waals surface area contributed by atoms with Crippen LogP contribution in [0, 0.1) is 0 Å². The van der Waals surface area contributed by atoms with Gasteiger partial charge in [-0.25, -0.2) is 19.2 Å². The third-order valence-electron chi connectivity index (χ3n) is 9.58. The van der Waals surface area contributed by atoms with Crippen molar-refractivity contribution in [1.82, 2.24) is 0 Å². The molecule has 2 aliphatic rings. The Morgan fingerprint density at radius 1 is 0.500 bits per heavy atom. The summed E-state index contributed by atoms with van der Waals surface area (Å²) in [7, 11) is 0. The SMILES string of the molecule is O=C1OC[C@@H]2O[C@H](O)[C@H](O)[C@@H](O)[C@@H]2OC(=O)c2cc(O)c(O)c(O)c2-c2c(O)c(O)c3oc(=O)c4c(c(O)c(O)c5oc(=O)c2c3c54)-c2c1cc(O)c(O)c2O. The molecule has 56 heavy (non-hydrogen) atoms. The van der Waals surface area contributed by atoms with Crippen LogP contribution in [0.1, 0.15) is 20.7 Å². The van der Waals surface area contributed by atoms with E-state index in [1.54, 1.807) is 0 Å². The van der Waals surface area contributed by atoms with Gasteiger partial charge in [-0.3, -0.25) is 0 Å². The highest BCUT2D eigenvalue weighted by atomic mass is 16.7. The van der Waals surface area contributed by atoms with Crippen molar-refractivity contribution in [3.63, 3.8) is 0 Å². The standard InChI is InChI=1S/C34H22O22/c35-6-1-4-9(19(39)17(6)37)11-15-13-14-16(33(50)56-28(13)23(43)21(11)41)12(22(42)24(44)29(14)55-32(15)49)10-5(2-7(36)18(38)20(10)40)31(48)54-27-8(3-52-30(4)47)53-34(51)26(46)25(27)45/h1-2,8,25-27,34-46,51H,3H2/t8-,25+,26+,27+,34-/m0/s1. The average Bonchev–Trinajstić information content (AvgIpc) is 3.15.